The van der Waals surface area contributed by atoms with Crippen LogP contribution in [0.5, 0.6) is 0 Å². The molecule has 0 aliphatic carbocycles. The van der Waals surface area contributed by atoms with Crippen molar-refractivity contribution in [1.82, 2.24) is 9.29 Å². The van der Waals surface area contributed by atoms with Gasteiger partial charge < -0.3 is 11.1 Å². The molecule has 1 aliphatic heterocycles. The molecule has 3 N–H and O–H groups in total. The second-order valence-corrected chi connectivity index (χ2v) is 9.14. The molecule has 1 aromatic heterocycles. The van der Waals surface area contributed by atoms with Crippen LogP contribution in [0, 0.1) is 11.6 Å². The average molecular weight is 437 g/mol. The highest BCUT2D eigenvalue weighted by Crippen LogP contribution is 2.34. The molecule has 1 amide bonds. The van der Waals surface area contributed by atoms with Crippen LogP contribution in [0.2, 0.25) is 0 Å². The van der Waals surface area contributed by atoms with E-state index < -0.39 is 44.6 Å². The van der Waals surface area contributed by atoms with Crippen molar-refractivity contribution in [3.8, 4) is 0 Å². The molecule has 160 valence electrons. The molecule has 1 atom stereocenters. The molecule has 11 heteroatoms. The summed E-state index contributed by atoms with van der Waals surface area (Å²) in [5.74, 6) is -3.11. The number of aryl methyl sites for hydroxylation is 1. The average Bonchev–Trinajstić information content (AvgIpc) is 2.66. The van der Waals surface area contributed by atoms with E-state index in [1.54, 1.807) is 0 Å². The number of aliphatic imine (C=N–C) groups is 1. The van der Waals surface area contributed by atoms with Crippen molar-refractivity contribution >= 4 is 27.6 Å². The van der Waals surface area contributed by atoms with Crippen LogP contribution in [0.1, 0.15) is 35.5 Å². The van der Waals surface area contributed by atoms with E-state index in [4.69, 9.17) is 5.73 Å². The lowest BCUT2D eigenvalue weighted by Gasteiger charge is -2.34. The number of sulfonamides is 1. The highest BCUT2D eigenvalue weighted by atomic mass is 32.2. The van der Waals surface area contributed by atoms with Gasteiger partial charge in [0, 0.05) is 24.5 Å². The van der Waals surface area contributed by atoms with Gasteiger partial charge in [-0.3, -0.25) is 4.79 Å². The number of carbonyl (C=O) groups is 1. The summed E-state index contributed by atoms with van der Waals surface area (Å²) in [5.41, 5.74) is 4.48. The molecule has 0 spiro atoms. The summed E-state index contributed by atoms with van der Waals surface area (Å²) >= 11 is 0. The van der Waals surface area contributed by atoms with Crippen molar-refractivity contribution in [2.45, 2.75) is 25.8 Å². The number of hydrogen-bond donors (Lipinski definition) is 2. The number of nitrogens with zero attached hydrogens (tertiary/aromatic N) is 3. The van der Waals surface area contributed by atoms with Crippen molar-refractivity contribution in [2.75, 3.05) is 18.1 Å². The molecule has 0 bridgehead atoms. The van der Waals surface area contributed by atoms with Gasteiger partial charge >= 0.3 is 0 Å². The molecule has 0 radical (unpaired) electrons. The van der Waals surface area contributed by atoms with Gasteiger partial charge in [-0.05, 0) is 43.2 Å². The number of nitrogens with one attached hydrogen (secondary N) is 1. The van der Waals surface area contributed by atoms with E-state index in [1.165, 1.54) is 38.4 Å². The second kappa shape index (κ2) is 7.63. The number of rotatable bonds is 4. The predicted octanol–water partition coefficient (Wildman–Crippen LogP) is 1.98. The highest BCUT2D eigenvalue weighted by Gasteiger charge is 2.41. The number of halogens is 2. The summed E-state index contributed by atoms with van der Waals surface area (Å²) < 4.78 is 54.3. The van der Waals surface area contributed by atoms with Crippen molar-refractivity contribution < 1.29 is 22.0 Å². The molecule has 1 aliphatic rings. The van der Waals surface area contributed by atoms with E-state index >= 15 is 0 Å². The maximum absolute atomic E-state index is 14.6. The number of anilines is 1. The smallest absolute Gasteiger partial charge is 0.277 e. The van der Waals surface area contributed by atoms with Crippen LogP contribution < -0.4 is 11.1 Å². The van der Waals surface area contributed by atoms with Gasteiger partial charge in [-0.25, -0.2) is 31.5 Å². The fourth-order valence-corrected chi connectivity index (χ4v) is 4.58. The van der Waals surface area contributed by atoms with Gasteiger partial charge in [0.25, 0.3) is 5.91 Å². The topological polar surface area (TPSA) is 118 Å². The van der Waals surface area contributed by atoms with Gasteiger partial charge in [0.2, 0.25) is 16.0 Å². The molecule has 0 saturated heterocycles. The second-order valence-electron chi connectivity index (χ2n) is 7.14. The maximum atomic E-state index is 14.6. The lowest BCUT2D eigenvalue weighted by atomic mass is 9.93. The van der Waals surface area contributed by atoms with Gasteiger partial charge in [-0.2, -0.15) is 0 Å². The number of amides is 1. The van der Waals surface area contributed by atoms with E-state index in [0.717, 1.165) is 10.4 Å². The van der Waals surface area contributed by atoms with Crippen LogP contribution in [0.15, 0.2) is 35.5 Å². The molecular weight excluding hydrogens is 416 g/mol. The van der Waals surface area contributed by atoms with Crippen LogP contribution in [-0.4, -0.2) is 42.4 Å². The van der Waals surface area contributed by atoms with Gasteiger partial charge in [0.05, 0.1) is 5.75 Å². The zero-order chi connectivity index (χ0) is 22.3. The normalized spacial score (nSPS) is 20.6. The third-order valence-corrected chi connectivity index (χ3v) is 6.84. The molecule has 2 heterocycles. The van der Waals surface area contributed by atoms with Crippen molar-refractivity contribution in [2.24, 2.45) is 10.7 Å². The fourth-order valence-electron chi connectivity index (χ4n) is 3.13. The Labute approximate surface area is 172 Å². The summed E-state index contributed by atoms with van der Waals surface area (Å²) in [6.45, 7) is 3.26. The van der Waals surface area contributed by atoms with Crippen LogP contribution in [-0.2, 0) is 22.0 Å². The van der Waals surface area contributed by atoms with E-state index in [0.29, 0.717) is 12.0 Å². The molecule has 0 saturated carbocycles. The van der Waals surface area contributed by atoms with Gasteiger partial charge in [0.15, 0.2) is 11.5 Å². The van der Waals surface area contributed by atoms with Gasteiger partial charge in [-0.15, -0.1) is 0 Å². The van der Waals surface area contributed by atoms with E-state index in [-0.39, 0.29) is 17.2 Å². The van der Waals surface area contributed by atoms with Crippen LogP contribution in [0.25, 0.3) is 0 Å². The summed E-state index contributed by atoms with van der Waals surface area (Å²) in [7, 11) is -2.55. The van der Waals surface area contributed by atoms with E-state index in [1.807, 2.05) is 6.92 Å². The monoisotopic (exact) mass is 437 g/mol. The number of nitrogens with two attached hydrogens (primary N) is 1. The first-order chi connectivity index (χ1) is 14.0. The molecule has 0 unspecified atom stereocenters. The highest BCUT2D eigenvalue weighted by molar-refractivity contribution is 7.89. The Bertz CT molecular complexity index is 1150. The van der Waals surface area contributed by atoms with Crippen LogP contribution >= 0.6 is 0 Å². The Morgan fingerprint density at radius 3 is 2.60 bits per heavy atom. The van der Waals surface area contributed by atoms with Crippen molar-refractivity contribution in [1.29, 1.82) is 0 Å². The molecule has 3 rings (SSSR count). The quantitative estimate of drug-likeness (QED) is 0.758. The summed E-state index contributed by atoms with van der Waals surface area (Å²) in [4.78, 5) is 20.4. The van der Waals surface area contributed by atoms with Crippen molar-refractivity contribution in [3.05, 3.63) is 58.9 Å². The molecule has 0 fully saturated rings. The Morgan fingerprint density at radius 2 is 2.00 bits per heavy atom. The minimum atomic E-state index is -3.81. The van der Waals surface area contributed by atoms with E-state index in [9.17, 15) is 22.0 Å². The number of hydrogen-bond acceptors (Lipinski definition) is 6. The molecule has 30 heavy (non-hydrogen) atoms. The first-order valence-electron chi connectivity index (χ1n) is 9.04. The third-order valence-electron chi connectivity index (χ3n) is 4.89. The number of pyridine rings is 1. The number of guanidine groups is 1. The predicted molar refractivity (Wildman–Crippen MR) is 108 cm³/mol. The molecule has 2 aromatic rings. The number of benzene rings is 1. The summed E-state index contributed by atoms with van der Waals surface area (Å²) in [6.07, 6.45) is 1.96. The Balaban J connectivity index is 1.95. The number of aromatic nitrogens is 1. The third kappa shape index (κ3) is 3.97. The van der Waals surface area contributed by atoms with Gasteiger partial charge in [0.1, 0.15) is 11.4 Å². The Hall–Kier alpha value is -3.08. The minimum absolute atomic E-state index is 0.0744. The Kier molecular flexibility index (Phi) is 5.50. The standard InChI is InChI=1S/C19H21F2N5O3S/c1-4-11-7-15(21)16(23-9-11)17(27)24-12-5-6-14(20)13(8-12)19(2)10-30(28,29)26(3)18(22)25-19/h5-9H,4,10H2,1-3H3,(H2,22,25)(H,24,27)/t19-/m0/s1. The minimum Gasteiger partial charge on any atom is -0.369 e. The fraction of sp³-hybridized carbons (Fsp3) is 0.316. The largest absolute Gasteiger partial charge is 0.369 e. The maximum Gasteiger partial charge on any atom is 0.277 e. The molecule has 8 nitrogen and oxygen atoms in total. The first kappa shape index (κ1) is 21.6. The van der Waals surface area contributed by atoms with Crippen LogP contribution in [0.4, 0.5) is 14.5 Å². The SMILES string of the molecule is CCc1cnc(C(=O)Nc2ccc(F)c([C@]3(C)CS(=O)(=O)N(C)C(N)=N3)c2)c(F)c1. The lowest BCUT2D eigenvalue weighted by molar-refractivity contribution is 0.101. The summed E-state index contributed by atoms with van der Waals surface area (Å²) in [5, 5.41) is 2.45. The van der Waals surface area contributed by atoms with E-state index in [2.05, 4.69) is 15.3 Å². The number of carbonyl (C=O) groups excluding carboxylic acids is 1. The zero-order valence-corrected chi connectivity index (χ0v) is 17.4. The first-order valence-corrected chi connectivity index (χ1v) is 10.7. The summed E-state index contributed by atoms with van der Waals surface area (Å²) in [6, 6.07) is 4.81. The zero-order valence-electron chi connectivity index (χ0n) is 16.6. The molecular formula is C19H21F2N5O3S. The molecule has 1 aromatic carbocycles. The lowest BCUT2D eigenvalue weighted by Crippen LogP contribution is -2.50. The van der Waals surface area contributed by atoms with Crippen molar-refractivity contribution in [3.63, 3.8) is 0 Å². The Morgan fingerprint density at radius 1 is 1.30 bits per heavy atom. The van der Waals surface area contributed by atoms with Gasteiger partial charge in [-0.1, -0.05) is 6.92 Å². The van der Waals surface area contributed by atoms with Crippen LogP contribution in [0.3, 0.4) is 0 Å².